The lowest BCUT2D eigenvalue weighted by Gasteiger charge is -2.28. The van der Waals surface area contributed by atoms with E-state index in [-0.39, 0.29) is 36.8 Å². The van der Waals surface area contributed by atoms with Crippen LogP contribution in [0, 0.1) is 13.8 Å². The van der Waals surface area contributed by atoms with Crippen molar-refractivity contribution in [1.29, 1.82) is 0 Å². The molecular weight excluding hydrogens is 599 g/mol. The maximum absolute atomic E-state index is 13.8. The van der Waals surface area contributed by atoms with E-state index in [9.17, 15) is 52.7 Å². The number of hydrogen-bond donors (Lipinski definition) is 0. The molecule has 3 rings (SSSR count). The molecule has 0 saturated carbocycles. The van der Waals surface area contributed by atoms with Crippen LogP contribution in [0.3, 0.4) is 0 Å². The molecule has 0 bridgehead atoms. The van der Waals surface area contributed by atoms with Gasteiger partial charge in [-0.3, -0.25) is 0 Å². The molecule has 0 aliphatic carbocycles. The van der Waals surface area contributed by atoms with Gasteiger partial charge in [-0.25, -0.2) is 4.52 Å². The van der Waals surface area contributed by atoms with Crippen molar-refractivity contribution in [3.05, 3.63) is 88.0 Å². The van der Waals surface area contributed by atoms with Gasteiger partial charge in [0.1, 0.15) is 15.9 Å². The van der Waals surface area contributed by atoms with E-state index in [0.717, 1.165) is 12.1 Å². The molecule has 3 aromatic rings. The highest BCUT2D eigenvalue weighted by Gasteiger charge is 2.52. The predicted octanol–water partition coefficient (Wildman–Crippen LogP) is 9.26. The summed E-state index contributed by atoms with van der Waals surface area (Å²) in [5.41, 5.74) is -6.40. The molecule has 14 heteroatoms. The molecule has 0 aliphatic heterocycles. The van der Waals surface area contributed by atoms with Gasteiger partial charge in [-0.15, -0.1) is 0 Å². The van der Waals surface area contributed by atoms with Gasteiger partial charge in [-0.1, -0.05) is 7.43 Å². The Kier molecular flexibility index (Phi) is 9.63. The zero-order valence-corrected chi connectivity index (χ0v) is 21.7. The first kappa shape index (κ1) is 34.4. The lowest BCUT2D eigenvalue weighted by molar-refractivity contribution is -0.143. The van der Waals surface area contributed by atoms with Gasteiger partial charge in [0.05, 0.1) is 28.9 Å². The molecule has 1 nitrogen and oxygen atoms in total. The van der Waals surface area contributed by atoms with Gasteiger partial charge in [-0.2, -0.15) is 52.7 Å². The number of alkyl halides is 12. The molecule has 0 fully saturated rings. The molecule has 0 saturated heterocycles. The first-order valence-corrected chi connectivity index (χ1v) is 13.0. The SMILES string of the molecule is C.CCO[P+](c1cc(C)cc(C(F)(F)F)c1)(c1cc(C)cc(C(F)(F)F)c1)c1cc(C(F)(F)F)cc(C(F)(F)F)c1. The largest absolute Gasteiger partial charge is 0.416 e. The predicted molar refractivity (Wildman–Crippen MR) is 133 cm³/mol. The van der Waals surface area contributed by atoms with Crippen LogP contribution in [-0.2, 0) is 29.2 Å². The van der Waals surface area contributed by atoms with Gasteiger partial charge in [0, 0.05) is 0 Å². The fraction of sp³-hybridized carbons (Fsp3) is 0.333. The molecule has 0 radical (unpaired) electrons. The fourth-order valence-electron chi connectivity index (χ4n) is 4.20. The van der Waals surface area contributed by atoms with Crippen LogP contribution in [-0.4, -0.2) is 6.61 Å². The zero-order valence-electron chi connectivity index (χ0n) is 20.8. The Bertz CT molecular complexity index is 1290. The van der Waals surface area contributed by atoms with Crippen LogP contribution in [0.25, 0.3) is 0 Å². The Morgan fingerprint density at radius 1 is 0.488 bits per heavy atom. The summed E-state index contributed by atoms with van der Waals surface area (Å²) in [7, 11) is -4.49. The summed E-state index contributed by atoms with van der Waals surface area (Å²) < 4.78 is 171. The Morgan fingerprint density at radius 2 is 0.756 bits per heavy atom. The molecule has 0 unspecified atom stereocenters. The summed E-state index contributed by atoms with van der Waals surface area (Å²) in [4.78, 5) is 0. The number of benzene rings is 3. The van der Waals surface area contributed by atoms with E-state index in [1.54, 1.807) is 0 Å². The number of hydrogen-bond acceptors (Lipinski definition) is 1. The molecule has 226 valence electrons. The molecule has 0 amide bonds. The Hall–Kier alpha value is -2.79. The number of aryl methyl sites for hydroxylation is 2. The van der Waals surface area contributed by atoms with Crippen LogP contribution in [0.2, 0.25) is 0 Å². The lowest BCUT2D eigenvalue weighted by Crippen LogP contribution is -2.36. The van der Waals surface area contributed by atoms with E-state index in [1.807, 2.05) is 0 Å². The average molecular weight is 623 g/mol. The van der Waals surface area contributed by atoms with Crippen LogP contribution in [0.5, 0.6) is 0 Å². The van der Waals surface area contributed by atoms with Crippen molar-refractivity contribution >= 4 is 23.4 Å². The maximum atomic E-state index is 13.8. The molecule has 0 aliphatic rings. The summed E-state index contributed by atoms with van der Waals surface area (Å²) in [6, 6.07) is 4.85. The molecule has 0 atom stereocenters. The van der Waals surface area contributed by atoms with Crippen molar-refractivity contribution < 1.29 is 57.2 Å². The van der Waals surface area contributed by atoms with Crippen LogP contribution >= 0.6 is 7.49 Å². The van der Waals surface area contributed by atoms with Crippen molar-refractivity contribution in [1.82, 2.24) is 0 Å². The Morgan fingerprint density at radius 3 is 1.02 bits per heavy atom. The van der Waals surface area contributed by atoms with E-state index in [2.05, 4.69) is 0 Å². The van der Waals surface area contributed by atoms with Gasteiger partial charge in [0.2, 0.25) is 7.49 Å². The zero-order chi connectivity index (χ0) is 30.5. The molecular formula is C27H24F12OP+. The van der Waals surface area contributed by atoms with E-state index < -0.39 is 77.0 Å². The van der Waals surface area contributed by atoms with Crippen molar-refractivity contribution in [3.63, 3.8) is 0 Å². The van der Waals surface area contributed by atoms with Gasteiger partial charge >= 0.3 is 24.7 Å². The molecule has 0 spiro atoms. The second-order valence-corrected chi connectivity index (χ2v) is 11.9. The molecule has 0 N–H and O–H groups in total. The van der Waals surface area contributed by atoms with E-state index in [4.69, 9.17) is 4.52 Å². The first-order chi connectivity index (χ1) is 18.1. The van der Waals surface area contributed by atoms with Crippen LogP contribution < -0.4 is 15.9 Å². The summed E-state index contributed by atoms with van der Waals surface area (Å²) in [6.45, 7) is 3.19. The van der Waals surface area contributed by atoms with Gasteiger partial charge in [0.15, 0.2) is 0 Å². The second-order valence-electron chi connectivity index (χ2n) is 8.90. The van der Waals surface area contributed by atoms with E-state index in [0.29, 0.717) is 24.3 Å². The van der Waals surface area contributed by atoms with Crippen LogP contribution in [0.1, 0.15) is 47.7 Å². The minimum atomic E-state index is -5.34. The molecule has 3 aromatic carbocycles. The molecule has 0 heterocycles. The average Bonchev–Trinajstić information content (AvgIpc) is 2.79. The summed E-state index contributed by atoms with van der Waals surface area (Å²) >= 11 is 0. The third-order valence-corrected chi connectivity index (χ3v) is 9.37. The monoisotopic (exact) mass is 623 g/mol. The van der Waals surface area contributed by atoms with E-state index >= 15 is 0 Å². The maximum Gasteiger partial charge on any atom is 0.416 e. The number of rotatable bonds is 5. The van der Waals surface area contributed by atoms with Crippen molar-refractivity contribution in [2.24, 2.45) is 0 Å². The minimum absolute atomic E-state index is 0. The normalized spacial score (nSPS) is 13.2. The Labute approximate surface area is 228 Å². The third-order valence-electron chi connectivity index (χ3n) is 5.76. The molecule has 0 aromatic heterocycles. The fourth-order valence-corrected chi connectivity index (χ4v) is 7.98. The smallest absolute Gasteiger partial charge is 0.222 e. The van der Waals surface area contributed by atoms with Gasteiger partial charge in [0.25, 0.3) is 0 Å². The highest BCUT2D eigenvalue weighted by Crippen LogP contribution is 2.58. The second kappa shape index (κ2) is 11.5. The van der Waals surface area contributed by atoms with Crippen molar-refractivity contribution in [2.75, 3.05) is 6.61 Å². The summed E-state index contributed by atoms with van der Waals surface area (Å²) in [5.74, 6) is 0. The summed E-state index contributed by atoms with van der Waals surface area (Å²) in [5, 5.41) is -1.87. The Balaban J connectivity index is 0.00000588. The summed E-state index contributed by atoms with van der Waals surface area (Å²) in [6.07, 6.45) is -20.7. The lowest BCUT2D eigenvalue weighted by atomic mass is 10.1. The highest BCUT2D eigenvalue weighted by atomic mass is 31.2. The molecule has 41 heavy (non-hydrogen) atoms. The van der Waals surface area contributed by atoms with E-state index in [1.165, 1.54) is 20.8 Å². The van der Waals surface area contributed by atoms with Gasteiger partial charge < -0.3 is 0 Å². The van der Waals surface area contributed by atoms with Crippen molar-refractivity contribution in [2.45, 2.75) is 52.9 Å². The first-order valence-electron chi connectivity index (χ1n) is 11.3. The van der Waals surface area contributed by atoms with Gasteiger partial charge in [-0.05, 0) is 86.5 Å². The number of halogens is 12. The van der Waals surface area contributed by atoms with Crippen molar-refractivity contribution in [3.8, 4) is 0 Å². The minimum Gasteiger partial charge on any atom is -0.222 e. The standard InChI is InChI=1S/C26H20F12OP.CH4/c1-4-39-40(20-7-14(2)5-16(10-20)23(27,28)29,21-8-15(3)6-17(11-21)24(30,31)32)22-12-18(25(33,34)35)9-19(13-22)26(36,37)38;/h5-13H,4H2,1-3H3;1H4/q+1;. The quantitative estimate of drug-likeness (QED) is 0.203. The van der Waals surface area contributed by atoms with Crippen LogP contribution in [0.15, 0.2) is 54.6 Å². The topological polar surface area (TPSA) is 9.23 Å². The van der Waals surface area contributed by atoms with Crippen LogP contribution in [0.4, 0.5) is 52.7 Å². The highest BCUT2D eigenvalue weighted by molar-refractivity contribution is 7.91. The third kappa shape index (κ3) is 7.35.